The molecule has 1 aromatic rings. The summed E-state index contributed by atoms with van der Waals surface area (Å²) >= 11 is 1.60. The van der Waals surface area contributed by atoms with Gasteiger partial charge in [-0.3, -0.25) is 14.6 Å². The molecule has 0 spiro atoms. The van der Waals surface area contributed by atoms with Gasteiger partial charge in [-0.1, -0.05) is 30.3 Å². The van der Waals surface area contributed by atoms with E-state index < -0.39 is 0 Å². The van der Waals surface area contributed by atoms with E-state index in [-0.39, 0.29) is 24.4 Å². The van der Waals surface area contributed by atoms with Crippen molar-refractivity contribution >= 4 is 28.6 Å². The van der Waals surface area contributed by atoms with Gasteiger partial charge in [0.25, 0.3) is 0 Å². The minimum Gasteiger partial charge on any atom is -0.353 e. The van der Waals surface area contributed by atoms with Gasteiger partial charge in [-0.25, -0.2) is 0 Å². The molecule has 1 fully saturated rings. The third-order valence-electron chi connectivity index (χ3n) is 3.31. The van der Waals surface area contributed by atoms with E-state index in [1.165, 1.54) is 0 Å². The number of nitrogens with one attached hydrogen (secondary N) is 1. The summed E-state index contributed by atoms with van der Waals surface area (Å²) in [5.41, 5.74) is 1.05. The van der Waals surface area contributed by atoms with Crippen LogP contribution >= 0.6 is 11.8 Å². The average molecular weight is 289 g/mol. The molecule has 1 N–H and O–H groups in total. The topological polar surface area (TPSA) is 61.8 Å². The fourth-order valence-corrected chi connectivity index (χ4v) is 3.31. The number of carbonyl (C=O) groups excluding carboxylic acids is 2. The van der Waals surface area contributed by atoms with Crippen LogP contribution < -0.4 is 5.32 Å². The minimum atomic E-state index is -0.360. The zero-order valence-corrected chi connectivity index (χ0v) is 11.7. The molecule has 5 nitrogen and oxygen atoms in total. The number of hydrogen-bond donors (Lipinski definition) is 1. The first-order valence-corrected chi connectivity index (χ1v) is 7.54. The number of amides is 2. The van der Waals surface area contributed by atoms with Crippen LogP contribution in [0.15, 0.2) is 35.3 Å². The minimum absolute atomic E-state index is 0.0433. The fraction of sp³-hybridized carbons (Fsp3) is 0.357. The molecule has 0 radical (unpaired) electrons. The SMILES string of the molecule is O=C1CN(C(=O)C2CSC(c3ccccc3)=N2)CCN1. The van der Waals surface area contributed by atoms with Crippen LogP contribution in [0.2, 0.25) is 0 Å². The number of aliphatic imine (C=N–C) groups is 1. The van der Waals surface area contributed by atoms with Gasteiger partial charge in [-0.2, -0.15) is 0 Å². The molecular formula is C14H15N3O2S. The first-order valence-electron chi connectivity index (χ1n) is 6.55. The van der Waals surface area contributed by atoms with E-state index >= 15 is 0 Å². The summed E-state index contributed by atoms with van der Waals surface area (Å²) in [6, 6.07) is 9.50. The molecule has 2 aliphatic rings. The highest BCUT2D eigenvalue weighted by atomic mass is 32.2. The van der Waals surface area contributed by atoms with Crippen molar-refractivity contribution in [3.8, 4) is 0 Å². The van der Waals surface area contributed by atoms with Crippen LogP contribution in [0.3, 0.4) is 0 Å². The van der Waals surface area contributed by atoms with Gasteiger partial charge >= 0.3 is 0 Å². The Morgan fingerprint density at radius 2 is 2.15 bits per heavy atom. The first-order chi connectivity index (χ1) is 9.74. The second-order valence-corrected chi connectivity index (χ2v) is 5.75. The van der Waals surface area contributed by atoms with Crippen LogP contribution in [0.25, 0.3) is 0 Å². The van der Waals surface area contributed by atoms with E-state index in [1.54, 1.807) is 16.7 Å². The Labute approximate surface area is 121 Å². The molecule has 0 aliphatic carbocycles. The average Bonchev–Trinajstić information content (AvgIpc) is 2.97. The van der Waals surface area contributed by atoms with Crippen molar-refractivity contribution in [3.63, 3.8) is 0 Å². The molecule has 1 saturated heterocycles. The van der Waals surface area contributed by atoms with Crippen LogP contribution in [0.5, 0.6) is 0 Å². The number of nitrogens with zero attached hydrogens (tertiary/aromatic N) is 2. The van der Waals surface area contributed by atoms with Crippen molar-refractivity contribution in [2.45, 2.75) is 6.04 Å². The van der Waals surface area contributed by atoms with E-state index in [4.69, 9.17) is 0 Å². The number of benzene rings is 1. The van der Waals surface area contributed by atoms with Crippen LogP contribution in [-0.4, -0.2) is 53.2 Å². The molecule has 6 heteroatoms. The first kappa shape index (κ1) is 13.2. The van der Waals surface area contributed by atoms with Gasteiger partial charge in [0.05, 0.1) is 11.6 Å². The summed E-state index contributed by atoms with van der Waals surface area (Å²) in [6.07, 6.45) is 0. The molecule has 0 aromatic heterocycles. The Morgan fingerprint density at radius 1 is 1.35 bits per heavy atom. The van der Waals surface area contributed by atoms with Gasteiger partial charge in [0, 0.05) is 24.4 Å². The number of carbonyl (C=O) groups is 2. The molecule has 3 rings (SSSR count). The highest BCUT2D eigenvalue weighted by molar-refractivity contribution is 8.14. The molecule has 20 heavy (non-hydrogen) atoms. The Kier molecular flexibility index (Phi) is 3.73. The summed E-state index contributed by atoms with van der Waals surface area (Å²) in [6.45, 7) is 1.25. The summed E-state index contributed by atoms with van der Waals surface area (Å²) in [5, 5.41) is 3.63. The standard InChI is InChI=1S/C14H15N3O2S/c18-12-8-17(7-6-15-12)14(19)11-9-20-13(16-11)10-4-2-1-3-5-10/h1-5,11H,6-9H2,(H,15,18). The van der Waals surface area contributed by atoms with Crippen molar-refractivity contribution in [3.05, 3.63) is 35.9 Å². The van der Waals surface area contributed by atoms with E-state index in [0.29, 0.717) is 18.8 Å². The van der Waals surface area contributed by atoms with Crippen LogP contribution in [-0.2, 0) is 9.59 Å². The monoisotopic (exact) mass is 289 g/mol. The quantitative estimate of drug-likeness (QED) is 0.863. The lowest BCUT2D eigenvalue weighted by Crippen LogP contribution is -2.52. The molecule has 1 atom stereocenters. The van der Waals surface area contributed by atoms with Gasteiger partial charge < -0.3 is 10.2 Å². The zero-order chi connectivity index (χ0) is 13.9. The van der Waals surface area contributed by atoms with E-state index in [2.05, 4.69) is 10.3 Å². The summed E-state index contributed by atoms with van der Waals surface area (Å²) in [7, 11) is 0. The molecule has 0 bridgehead atoms. The molecule has 1 unspecified atom stereocenters. The lowest BCUT2D eigenvalue weighted by atomic mass is 10.2. The van der Waals surface area contributed by atoms with E-state index in [0.717, 1.165) is 10.6 Å². The maximum Gasteiger partial charge on any atom is 0.248 e. The fourth-order valence-electron chi connectivity index (χ4n) is 2.28. The number of thioether (sulfide) groups is 1. The summed E-state index contributed by atoms with van der Waals surface area (Å²) < 4.78 is 0. The van der Waals surface area contributed by atoms with E-state index in [1.807, 2.05) is 30.3 Å². The Hall–Kier alpha value is -1.82. The molecular weight excluding hydrogens is 274 g/mol. The number of rotatable bonds is 2. The van der Waals surface area contributed by atoms with Crippen LogP contribution in [0.1, 0.15) is 5.56 Å². The predicted octanol–water partition coefficient (Wildman–Crippen LogP) is 0.507. The number of hydrogen-bond acceptors (Lipinski definition) is 4. The van der Waals surface area contributed by atoms with Crippen molar-refractivity contribution in [2.24, 2.45) is 4.99 Å². The maximum atomic E-state index is 12.3. The van der Waals surface area contributed by atoms with Gasteiger partial charge in [0.1, 0.15) is 6.04 Å². The Morgan fingerprint density at radius 3 is 2.90 bits per heavy atom. The summed E-state index contributed by atoms with van der Waals surface area (Å²) in [5.74, 6) is 0.516. The highest BCUT2D eigenvalue weighted by Crippen LogP contribution is 2.24. The zero-order valence-electron chi connectivity index (χ0n) is 10.9. The lowest BCUT2D eigenvalue weighted by molar-refractivity contribution is -0.138. The van der Waals surface area contributed by atoms with Gasteiger partial charge in [0.15, 0.2) is 0 Å². The molecule has 2 aliphatic heterocycles. The Bertz CT molecular complexity index is 559. The normalized spacial score (nSPS) is 22.4. The molecule has 2 amide bonds. The third-order valence-corrected chi connectivity index (χ3v) is 4.40. The van der Waals surface area contributed by atoms with Crippen molar-refractivity contribution in [1.82, 2.24) is 10.2 Å². The second kappa shape index (κ2) is 5.66. The molecule has 1 aromatic carbocycles. The van der Waals surface area contributed by atoms with Crippen LogP contribution in [0, 0.1) is 0 Å². The second-order valence-electron chi connectivity index (χ2n) is 4.74. The van der Waals surface area contributed by atoms with Crippen molar-refractivity contribution in [1.29, 1.82) is 0 Å². The van der Waals surface area contributed by atoms with E-state index in [9.17, 15) is 9.59 Å². The van der Waals surface area contributed by atoms with Crippen LogP contribution in [0.4, 0.5) is 0 Å². The molecule has 104 valence electrons. The number of piperazine rings is 1. The maximum absolute atomic E-state index is 12.3. The summed E-state index contributed by atoms with van der Waals surface area (Å²) in [4.78, 5) is 29.8. The van der Waals surface area contributed by atoms with Gasteiger partial charge in [-0.05, 0) is 0 Å². The van der Waals surface area contributed by atoms with Crippen molar-refractivity contribution < 1.29 is 9.59 Å². The smallest absolute Gasteiger partial charge is 0.248 e. The predicted molar refractivity (Wildman–Crippen MR) is 78.8 cm³/mol. The largest absolute Gasteiger partial charge is 0.353 e. The van der Waals surface area contributed by atoms with Gasteiger partial charge in [0.2, 0.25) is 11.8 Å². The van der Waals surface area contributed by atoms with Gasteiger partial charge in [-0.15, -0.1) is 11.8 Å². The lowest BCUT2D eigenvalue weighted by Gasteiger charge is -2.27. The van der Waals surface area contributed by atoms with Crippen molar-refractivity contribution in [2.75, 3.05) is 25.4 Å². The molecule has 2 heterocycles. The highest BCUT2D eigenvalue weighted by Gasteiger charge is 2.31. The Balaban J connectivity index is 1.71. The third kappa shape index (κ3) is 2.70. The molecule has 0 saturated carbocycles.